The van der Waals surface area contributed by atoms with Crippen LogP contribution in [0.1, 0.15) is 73.0 Å². The lowest BCUT2D eigenvalue weighted by Crippen LogP contribution is -2.08. The van der Waals surface area contributed by atoms with E-state index in [9.17, 15) is 4.79 Å². The summed E-state index contributed by atoms with van der Waals surface area (Å²) in [4.78, 5) is 16.4. The number of aryl methyl sites for hydroxylation is 2. The summed E-state index contributed by atoms with van der Waals surface area (Å²) in [6.07, 6.45) is 13.9. The number of esters is 1. The van der Waals surface area contributed by atoms with Gasteiger partial charge in [0.25, 0.3) is 0 Å². The van der Waals surface area contributed by atoms with Crippen molar-refractivity contribution in [3.05, 3.63) is 29.1 Å². The van der Waals surface area contributed by atoms with Crippen molar-refractivity contribution >= 4 is 5.97 Å². The molecule has 0 unspecified atom stereocenters. The molecule has 0 saturated heterocycles. The third-order valence-corrected chi connectivity index (χ3v) is 4.08. The second-order valence-electron chi connectivity index (χ2n) is 5.65. The molecule has 0 atom stereocenters. The predicted molar refractivity (Wildman–Crippen MR) is 79.9 cm³/mol. The quantitative estimate of drug-likeness (QED) is 0.725. The molecule has 2 aliphatic rings. The molecule has 0 saturated carbocycles. The van der Waals surface area contributed by atoms with E-state index >= 15 is 0 Å². The number of methoxy groups -OCH3 is 1. The van der Waals surface area contributed by atoms with Gasteiger partial charge in [0.2, 0.25) is 0 Å². The first-order valence-corrected chi connectivity index (χ1v) is 7.87. The van der Waals surface area contributed by atoms with E-state index in [0.29, 0.717) is 0 Å². The van der Waals surface area contributed by atoms with Gasteiger partial charge >= 0.3 is 5.97 Å². The van der Waals surface area contributed by atoms with Crippen LogP contribution in [-0.4, -0.2) is 18.1 Å². The van der Waals surface area contributed by atoms with Crippen LogP contribution in [0.3, 0.4) is 0 Å². The molecule has 0 fully saturated rings. The maximum atomic E-state index is 11.9. The maximum Gasteiger partial charge on any atom is 0.338 e. The molecule has 3 rings (SSSR count). The number of carbonyl (C=O) groups excluding carboxylic acids is 1. The molecule has 0 N–H and O–H groups in total. The molecule has 3 heteroatoms. The molecule has 2 heterocycles. The Morgan fingerprint density at radius 3 is 2.25 bits per heavy atom. The summed E-state index contributed by atoms with van der Waals surface area (Å²) < 4.78 is 4.91. The Balaban J connectivity index is 2.17. The zero-order valence-corrected chi connectivity index (χ0v) is 12.5. The molecule has 0 spiro atoms. The van der Waals surface area contributed by atoms with Crippen LogP contribution >= 0.6 is 0 Å². The smallest absolute Gasteiger partial charge is 0.338 e. The lowest BCUT2D eigenvalue weighted by molar-refractivity contribution is 0.0599. The van der Waals surface area contributed by atoms with Crippen LogP contribution in [0, 0.1) is 0 Å². The van der Waals surface area contributed by atoms with Gasteiger partial charge in [-0.1, -0.05) is 38.5 Å². The summed E-state index contributed by atoms with van der Waals surface area (Å²) in [6, 6.07) is 1.94. The van der Waals surface area contributed by atoms with E-state index in [1.807, 2.05) is 12.3 Å². The van der Waals surface area contributed by atoms with Gasteiger partial charge in [-0.25, -0.2) is 4.79 Å². The van der Waals surface area contributed by atoms with Crippen LogP contribution in [0.25, 0.3) is 0 Å². The molecule has 0 amide bonds. The summed E-state index contributed by atoms with van der Waals surface area (Å²) in [7, 11) is 1.45. The Kier molecular flexibility index (Phi) is 6.03. The summed E-state index contributed by atoms with van der Waals surface area (Å²) in [5.74, 6) is -0.226. The first kappa shape index (κ1) is 15.0. The summed E-state index contributed by atoms with van der Waals surface area (Å²) in [5.41, 5.74) is 2.78. The van der Waals surface area contributed by atoms with Crippen LogP contribution in [0.15, 0.2) is 12.3 Å². The van der Waals surface area contributed by atoms with E-state index < -0.39 is 0 Å². The van der Waals surface area contributed by atoms with E-state index in [1.165, 1.54) is 45.6 Å². The third-order valence-electron chi connectivity index (χ3n) is 4.08. The molecule has 0 radical (unpaired) electrons. The lowest BCUT2D eigenvalue weighted by Gasteiger charge is -2.11. The zero-order valence-electron chi connectivity index (χ0n) is 12.5. The van der Waals surface area contributed by atoms with Crippen LogP contribution in [0.5, 0.6) is 0 Å². The van der Waals surface area contributed by atoms with Gasteiger partial charge in [-0.05, 0) is 37.3 Å². The number of carbonyl (C=O) groups is 1. The molecular formula is C17H25NO2. The highest BCUT2D eigenvalue weighted by Gasteiger charge is 2.13. The number of nitrogens with zero attached hydrogens (tertiary/aromatic N) is 1. The molecule has 3 nitrogen and oxygen atoms in total. The number of ether oxygens (including phenoxy) is 1. The van der Waals surface area contributed by atoms with Gasteiger partial charge in [0.1, 0.15) is 0 Å². The SMILES string of the molecule is COC(=O)c1cc2ncc1CCCCCCCCCC2. The van der Waals surface area contributed by atoms with Crippen molar-refractivity contribution in [3.8, 4) is 0 Å². The molecule has 1 aliphatic heterocycles. The van der Waals surface area contributed by atoms with E-state index in [1.54, 1.807) is 0 Å². The average molecular weight is 275 g/mol. The molecule has 2 bridgehead atoms. The monoisotopic (exact) mass is 275 g/mol. The second-order valence-corrected chi connectivity index (χ2v) is 5.65. The van der Waals surface area contributed by atoms with Crippen molar-refractivity contribution in [3.63, 3.8) is 0 Å². The normalized spacial score (nSPS) is 17.4. The van der Waals surface area contributed by atoms with Gasteiger partial charge in [-0.2, -0.15) is 0 Å². The standard InChI is InChI=1S/C17H25NO2/c1-20-17(19)16-12-15-11-9-7-5-3-2-4-6-8-10-14(16)13-18-15/h12-13H,2-11H2,1H3. The Labute approximate surface area is 121 Å². The van der Waals surface area contributed by atoms with Crippen LogP contribution in [0.4, 0.5) is 0 Å². The van der Waals surface area contributed by atoms with E-state index in [4.69, 9.17) is 4.74 Å². The summed E-state index contributed by atoms with van der Waals surface area (Å²) in [6.45, 7) is 0. The van der Waals surface area contributed by atoms with Gasteiger partial charge in [-0.15, -0.1) is 0 Å². The summed E-state index contributed by atoms with van der Waals surface area (Å²) in [5, 5.41) is 0. The van der Waals surface area contributed by atoms with E-state index in [2.05, 4.69) is 4.98 Å². The number of hydrogen-bond donors (Lipinski definition) is 0. The Bertz CT molecular complexity index is 443. The highest BCUT2D eigenvalue weighted by molar-refractivity contribution is 5.91. The first-order chi connectivity index (χ1) is 9.81. The van der Waals surface area contributed by atoms with Crippen molar-refractivity contribution < 1.29 is 9.53 Å². The van der Waals surface area contributed by atoms with Gasteiger partial charge in [0.05, 0.1) is 12.7 Å². The topological polar surface area (TPSA) is 39.2 Å². The second kappa shape index (κ2) is 8.03. The lowest BCUT2D eigenvalue weighted by atomic mass is 9.99. The zero-order chi connectivity index (χ0) is 14.2. The van der Waals surface area contributed by atoms with Crippen molar-refractivity contribution in [1.29, 1.82) is 0 Å². The Morgan fingerprint density at radius 2 is 1.60 bits per heavy atom. The molecule has 1 aromatic heterocycles. The van der Waals surface area contributed by atoms with Crippen LogP contribution < -0.4 is 0 Å². The predicted octanol–water partition coefficient (Wildman–Crippen LogP) is 4.09. The summed E-state index contributed by atoms with van der Waals surface area (Å²) >= 11 is 0. The van der Waals surface area contributed by atoms with Crippen molar-refractivity contribution in [2.45, 2.75) is 64.2 Å². The average Bonchev–Trinajstić information content (AvgIpc) is 2.49. The molecule has 1 aromatic rings. The molecule has 110 valence electrons. The van der Waals surface area contributed by atoms with Gasteiger partial charge < -0.3 is 4.74 Å². The number of fused-ring (bicyclic) bond motifs is 11. The first-order valence-electron chi connectivity index (χ1n) is 7.87. The van der Waals surface area contributed by atoms with Crippen molar-refractivity contribution in [2.24, 2.45) is 0 Å². The number of pyridine rings is 1. The van der Waals surface area contributed by atoms with Gasteiger partial charge in [-0.3, -0.25) is 4.98 Å². The Morgan fingerprint density at radius 1 is 1.00 bits per heavy atom. The minimum Gasteiger partial charge on any atom is -0.465 e. The minimum atomic E-state index is -0.226. The molecule has 20 heavy (non-hydrogen) atoms. The van der Waals surface area contributed by atoms with Gasteiger partial charge in [0, 0.05) is 11.9 Å². The fourth-order valence-corrected chi connectivity index (χ4v) is 2.85. The maximum absolute atomic E-state index is 11.9. The van der Waals surface area contributed by atoms with Crippen LogP contribution in [-0.2, 0) is 17.6 Å². The van der Waals surface area contributed by atoms with Crippen molar-refractivity contribution in [1.82, 2.24) is 4.98 Å². The molecule has 1 aliphatic carbocycles. The third kappa shape index (κ3) is 4.32. The number of hydrogen-bond acceptors (Lipinski definition) is 3. The largest absolute Gasteiger partial charge is 0.465 e. The highest BCUT2D eigenvalue weighted by atomic mass is 16.5. The van der Waals surface area contributed by atoms with E-state index in [-0.39, 0.29) is 5.97 Å². The van der Waals surface area contributed by atoms with Crippen molar-refractivity contribution in [2.75, 3.05) is 7.11 Å². The van der Waals surface area contributed by atoms with Gasteiger partial charge in [0.15, 0.2) is 0 Å². The molecule has 0 aromatic carbocycles. The highest BCUT2D eigenvalue weighted by Crippen LogP contribution is 2.18. The van der Waals surface area contributed by atoms with Crippen LogP contribution in [0.2, 0.25) is 0 Å². The molecular weight excluding hydrogens is 250 g/mol. The number of aromatic nitrogens is 1. The Hall–Kier alpha value is -1.38. The fourth-order valence-electron chi connectivity index (χ4n) is 2.85. The number of rotatable bonds is 1. The minimum absolute atomic E-state index is 0.226. The fraction of sp³-hybridized carbons (Fsp3) is 0.647. The van der Waals surface area contributed by atoms with E-state index in [0.717, 1.165) is 42.5 Å².